The minimum atomic E-state index is 0.114. The topological polar surface area (TPSA) is 61.8 Å². The fraction of sp³-hybridized carbons (Fsp3) is 0.500. The summed E-state index contributed by atoms with van der Waals surface area (Å²) >= 11 is 0. The van der Waals surface area contributed by atoms with E-state index in [1.807, 2.05) is 11.1 Å². The third kappa shape index (κ3) is 3.72. The van der Waals surface area contributed by atoms with Gasteiger partial charge in [-0.2, -0.15) is 0 Å². The number of carbonyl (C=O) groups excluding carboxylic acids is 1. The lowest BCUT2D eigenvalue weighted by atomic mass is 10.2. The Labute approximate surface area is 147 Å². The van der Waals surface area contributed by atoms with Crippen LogP contribution in [-0.2, 0) is 9.53 Å². The van der Waals surface area contributed by atoms with Crippen molar-refractivity contribution in [3.05, 3.63) is 30.7 Å². The molecule has 1 aromatic carbocycles. The molecule has 1 amide bonds. The minimum Gasteiger partial charge on any atom is -0.370 e. The molecule has 2 fully saturated rings. The van der Waals surface area contributed by atoms with Gasteiger partial charge in [0.2, 0.25) is 5.91 Å². The van der Waals surface area contributed by atoms with E-state index in [9.17, 15) is 4.79 Å². The highest BCUT2D eigenvalue weighted by molar-refractivity contribution is 5.81. The smallest absolute Gasteiger partial charge is 0.248 e. The predicted molar refractivity (Wildman–Crippen MR) is 95.6 cm³/mol. The van der Waals surface area contributed by atoms with E-state index in [-0.39, 0.29) is 12.5 Å². The first-order chi connectivity index (χ1) is 12.3. The van der Waals surface area contributed by atoms with E-state index in [0.717, 1.165) is 56.7 Å². The van der Waals surface area contributed by atoms with E-state index in [2.05, 4.69) is 38.0 Å². The van der Waals surface area contributed by atoms with E-state index in [1.165, 1.54) is 5.69 Å². The number of piperazine rings is 1. The molecule has 25 heavy (non-hydrogen) atoms. The molecule has 0 aliphatic carbocycles. The van der Waals surface area contributed by atoms with E-state index < -0.39 is 0 Å². The first-order valence-corrected chi connectivity index (χ1v) is 8.82. The number of morpholine rings is 1. The van der Waals surface area contributed by atoms with Crippen molar-refractivity contribution in [1.29, 1.82) is 0 Å². The SMILES string of the molecule is O=C1COCCN1CCN1CCN(c2ccc3ncncc3c2)CC1. The van der Waals surface area contributed by atoms with Crippen LogP contribution in [0.5, 0.6) is 0 Å². The lowest BCUT2D eigenvalue weighted by Crippen LogP contribution is -2.50. The Hall–Kier alpha value is -2.25. The van der Waals surface area contributed by atoms with Crippen LogP contribution in [0.3, 0.4) is 0 Å². The van der Waals surface area contributed by atoms with Crippen molar-refractivity contribution >= 4 is 22.5 Å². The van der Waals surface area contributed by atoms with Gasteiger partial charge in [0.1, 0.15) is 12.9 Å². The van der Waals surface area contributed by atoms with Gasteiger partial charge in [-0.3, -0.25) is 9.69 Å². The molecule has 2 aliphatic rings. The van der Waals surface area contributed by atoms with Crippen LogP contribution in [-0.4, -0.2) is 84.7 Å². The van der Waals surface area contributed by atoms with Gasteiger partial charge in [-0.05, 0) is 18.2 Å². The Bertz CT molecular complexity index is 745. The van der Waals surface area contributed by atoms with Crippen LogP contribution in [0, 0.1) is 0 Å². The second-order valence-electron chi connectivity index (χ2n) is 6.53. The zero-order valence-electron chi connectivity index (χ0n) is 14.3. The van der Waals surface area contributed by atoms with Gasteiger partial charge < -0.3 is 14.5 Å². The van der Waals surface area contributed by atoms with E-state index >= 15 is 0 Å². The number of benzene rings is 1. The molecule has 0 unspecified atom stereocenters. The molecule has 3 heterocycles. The highest BCUT2D eigenvalue weighted by Gasteiger charge is 2.21. The molecular weight excluding hydrogens is 318 g/mol. The van der Waals surface area contributed by atoms with E-state index in [1.54, 1.807) is 6.33 Å². The molecule has 2 aliphatic heterocycles. The molecule has 0 atom stereocenters. The van der Waals surface area contributed by atoms with Crippen LogP contribution in [0.2, 0.25) is 0 Å². The number of nitrogens with zero attached hydrogens (tertiary/aromatic N) is 5. The average molecular weight is 341 g/mol. The lowest BCUT2D eigenvalue weighted by molar-refractivity contribution is -0.142. The van der Waals surface area contributed by atoms with Crippen LogP contribution < -0.4 is 4.90 Å². The van der Waals surface area contributed by atoms with Crippen molar-refractivity contribution in [1.82, 2.24) is 19.8 Å². The summed E-state index contributed by atoms with van der Waals surface area (Å²) in [5.74, 6) is 0.114. The van der Waals surface area contributed by atoms with E-state index in [4.69, 9.17) is 4.74 Å². The van der Waals surface area contributed by atoms with Crippen molar-refractivity contribution in [2.45, 2.75) is 0 Å². The van der Waals surface area contributed by atoms with Crippen LogP contribution in [0.15, 0.2) is 30.7 Å². The van der Waals surface area contributed by atoms with Gasteiger partial charge in [-0.1, -0.05) is 0 Å². The maximum absolute atomic E-state index is 11.8. The third-order valence-corrected chi connectivity index (χ3v) is 5.00. The highest BCUT2D eigenvalue weighted by Crippen LogP contribution is 2.21. The summed E-state index contributed by atoms with van der Waals surface area (Å²) in [4.78, 5) is 26.9. The van der Waals surface area contributed by atoms with Gasteiger partial charge >= 0.3 is 0 Å². The van der Waals surface area contributed by atoms with Crippen LogP contribution in [0.25, 0.3) is 10.9 Å². The summed E-state index contributed by atoms with van der Waals surface area (Å²) in [5.41, 5.74) is 2.21. The number of hydrogen-bond donors (Lipinski definition) is 0. The van der Waals surface area contributed by atoms with Crippen molar-refractivity contribution in [2.75, 3.05) is 63.9 Å². The first kappa shape index (κ1) is 16.2. The summed E-state index contributed by atoms with van der Waals surface area (Å²) in [6.07, 6.45) is 3.45. The summed E-state index contributed by atoms with van der Waals surface area (Å²) < 4.78 is 5.18. The molecule has 132 valence electrons. The van der Waals surface area contributed by atoms with Gasteiger partial charge in [-0.15, -0.1) is 0 Å². The number of anilines is 1. The monoisotopic (exact) mass is 341 g/mol. The second kappa shape index (κ2) is 7.33. The molecule has 2 saturated heterocycles. The van der Waals surface area contributed by atoms with Gasteiger partial charge in [-0.25, -0.2) is 9.97 Å². The zero-order valence-corrected chi connectivity index (χ0v) is 14.3. The maximum Gasteiger partial charge on any atom is 0.248 e. The number of carbonyl (C=O) groups is 1. The molecule has 7 heteroatoms. The quantitative estimate of drug-likeness (QED) is 0.812. The van der Waals surface area contributed by atoms with Crippen molar-refractivity contribution < 1.29 is 9.53 Å². The normalized spacial score (nSPS) is 19.6. The second-order valence-corrected chi connectivity index (χ2v) is 6.53. The van der Waals surface area contributed by atoms with Gasteiger partial charge in [0, 0.05) is 63.1 Å². The Morgan fingerprint density at radius 3 is 2.80 bits per heavy atom. The zero-order chi connectivity index (χ0) is 17.1. The van der Waals surface area contributed by atoms with Crippen molar-refractivity contribution in [3.8, 4) is 0 Å². The number of amides is 1. The molecule has 7 nitrogen and oxygen atoms in total. The van der Waals surface area contributed by atoms with Crippen LogP contribution in [0.1, 0.15) is 0 Å². The standard InChI is InChI=1S/C18H23N5O2/c24-18-13-25-10-9-23(18)8-5-21-3-6-22(7-4-21)16-1-2-17-15(11-16)12-19-14-20-17/h1-2,11-12,14H,3-10,13H2. The molecule has 4 rings (SSSR count). The number of hydrogen-bond acceptors (Lipinski definition) is 6. The molecule has 0 saturated carbocycles. The molecule has 0 spiro atoms. The molecule has 0 N–H and O–H groups in total. The minimum absolute atomic E-state index is 0.114. The van der Waals surface area contributed by atoms with Crippen molar-refractivity contribution in [2.24, 2.45) is 0 Å². The third-order valence-electron chi connectivity index (χ3n) is 5.00. The highest BCUT2D eigenvalue weighted by atomic mass is 16.5. The van der Waals surface area contributed by atoms with Crippen LogP contribution in [0.4, 0.5) is 5.69 Å². The Balaban J connectivity index is 1.30. The largest absolute Gasteiger partial charge is 0.370 e. The molecular formula is C18H23N5O2. The average Bonchev–Trinajstić information content (AvgIpc) is 2.67. The predicted octanol–water partition coefficient (Wildman–Crippen LogP) is 0.611. The van der Waals surface area contributed by atoms with Gasteiger partial charge in [0.15, 0.2) is 0 Å². The number of rotatable bonds is 4. The summed E-state index contributed by atoms with van der Waals surface area (Å²) in [5, 5.41) is 1.08. The molecule has 1 aromatic heterocycles. The first-order valence-electron chi connectivity index (χ1n) is 8.82. The lowest BCUT2D eigenvalue weighted by Gasteiger charge is -2.37. The van der Waals surface area contributed by atoms with E-state index in [0.29, 0.717) is 6.61 Å². The number of aromatic nitrogens is 2. The summed E-state index contributed by atoms with van der Waals surface area (Å²) in [6, 6.07) is 6.36. The Kier molecular flexibility index (Phi) is 4.76. The fourth-order valence-corrected chi connectivity index (χ4v) is 3.45. The van der Waals surface area contributed by atoms with Gasteiger partial charge in [0.05, 0.1) is 12.1 Å². The molecule has 0 bridgehead atoms. The molecule has 2 aromatic rings. The summed E-state index contributed by atoms with van der Waals surface area (Å²) in [6.45, 7) is 7.37. The fourth-order valence-electron chi connectivity index (χ4n) is 3.45. The Morgan fingerprint density at radius 1 is 1.08 bits per heavy atom. The molecule has 0 radical (unpaired) electrons. The Morgan fingerprint density at radius 2 is 1.96 bits per heavy atom. The van der Waals surface area contributed by atoms with Gasteiger partial charge in [0.25, 0.3) is 0 Å². The van der Waals surface area contributed by atoms with Crippen molar-refractivity contribution in [3.63, 3.8) is 0 Å². The number of ether oxygens (including phenoxy) is 1. The maximum atomic E-state index is 11.8. The van der Waals surface area contributed by atoms with Crippen LogP contribution >= 0.6 is 0 Å². The summed E-state index contributed by atoms with van der Waals surface area (Å²) in [7, 11) is 0. The number of fused-ring (bicyclic) bond motifs is 1.